The number of methoxy groups -OCH3 is 1. The summed E-state index contributed by atoms with van der Waals surface area (Å²) in [6, 6.07) is 11.4. The monoisotopic (exact) mass is 365 g/mol. The lowest BCUT2D eigenvalue weighted by molar-refractivity contribution is 0.171. The third-order valence-electron chi connectivity index (χ3n) is 3.97. The molecule has 1 aromatic heterocycles. The zero-order chi connectivity index (χ0) is 18.6. The van der Waals surface area contributed by atoms with Crippen molar-refractivity contribution < 1.29 is 14.2 Å². The molecule has 0 amide bonds. The van der Waals surface area contributed by atoms with Crippen molar-refractivity contribution in [2.45, 2.75) is 6.92 Å². The van der Waals surface area contributed by atoms with Gasteiger partial charge in [0.05, 0.1) is 19.0 Å². The number of hydrogen-bond donors (Lipinski definition) is 2. The quantitative estimate of drug-likeness (QED) is 0.710. The van der Waals surface area contributed by atoms with E-state index in [-0.39, 0.29) is 0 Å². The summed E-state index contributed by atoms with van der Waals surface area (Å²) in [5.74, 6) is 3.06. The Balaban J connectivity index is 1.54. The number of rotatable bonds is 5. The number of nitrogens with one attached hydrogen (secondary N) is 2. The average molecular weight is 365 g/mol. The molecule has 3 aromatic rings. The predicted molar refractivity (Wildman–Crippen MR) is 102 cm³/mol. The molecular weight excluding hydrogens is 346 g/mol. The summed E-state index contributed by atoms with van der Waals surface area (Å²) in [5, 5.41) is 14.4. The first-order chi connectivity index (χ1) is 13.2. The maximum atomic E-state index is 5.59. The Morgan fingerprint density at radius 1 is 1.00 bits per heavy atom. The second-order valence-corrected chi connectivity index (χ2v) is 5.98. The van der Waals surface area contributed by atoms with Crippen molar-refractivity contribution in [1.29, 1.82) is 0 Å². The van der Waals surface area contributed by atoms with Gasteiger partial charge in [-0.1, -0.05) is 6.07 Å². The molecule has 0 spiro atoms. The number of benzene rings is 2. The van der Waals surface area contributed by atoms with E-state index < -0.39 is 0 Å². The predicted octanol–water partition coefficient (Wildman–Crippen LogP) is 3.45. The van der Waals surface area contributed by atoms with E-state index in [2.05, 4.69) is 25.8 Å². The van der Waals surface area contributed by atoms with Crippen LogP contribution in [-0.2, 0) is 0 Å². The lowest BCUT2D eigenvalue weighted by atomic mass is 10.2. The molecule has 0 radical (unpaired) electrons. The van der Waals surface area contributed by atoms with E-state index in [0.717, 1.165) is 28.4 Å². The maximum absolute atomic E-state index is 5.59. The highest BCUT2D eigenvalue weighted by molar-refractivity contribution is 5.66. The van der Waals surface area contributed by atoms with Gasteiger partial charge in [0.1, 0.15) is 19.0 Å². The van der Waals surface area contributed by atoms with Crippen LogP contribution >= 0.6 is 0 Å². The van der Waals surface area contributed by atoms with Gasteiger partial charge in [-0.2, -0.15) is 10.1 Å². The fourth-order valence-corrected chi connectivity index (χ4v) is 2.72. The third kappa shape index (κ3) is 3.84. The molecular formula is C19H19N5O3. The molecule has 4 rings (SSSR count). The van der Waals surface area contributed by atoms with Gasteiger partial charge in [0.25, 0.3) is 0 Å². The van der Waals surface area contributed by atoms with Gasteiger partial charge in [-0.15, -0.1) is 5.10 Å². The van der Waals surface area contributed by atoms with E-state index in [1.54, 1.807) is 13.3 Å². The van der Waals surface area contributed by atoms with Crippen molar-refractivity contribution in [2.24, 2.45) is 0 Å². The number of ether oxygens (including phenoxy) is 3. The van der Waals surface area contributed by atoms with Crippen LogP contribution in [-0.4, -0.2) is 35.5 Å². The van der Waals surface area contributed by atoms with Crippen LogP contribution in [0, 0.1) is 6.92 Å². The van der Waals surface area contributed by atoms with Crippen molar-refractivity contribution in [3.8, 4) is 17.2 Å². The standard InChI is InChI=1S/C19H19N5O3/c1-12-3-5-15(25-2)14(9-12)22-18-11-20-24-19(23-18)21-13-4-6-16-17(10-13)27-8-7-26-16/h3-6,9-11H,7-8H2,1-2H3,(H2,21,22,23,24). The Morgan fingerprint density at radius 2 is 1.85 bits per heavy atom. The van der Waals surface area contributed by atoms with Gasteiger partial charge in [-0.05, 0) is 36.8 Å². The van der Waals surface area contributed by atoms with Gasteiger partial charge in [0, 0.05) is 11.8 Å². The summed E-state index contributed by atoms with van der Waals surface area (Å²) in [6.45, 7) is 3.10. The van der Waals surface area contributed by atoms with Crippen molar-refractivity contribution >= 4 is 23.1 Å². The van der Waals surface area contributed by atoms with Crippen molar-refractivity contribution in [1.82, 2.24) is 15.2 Å². The number of aromatic nitrogens is 3. The number of fused-ring (bicyclic) bond motifs is 1. The molecule has 138 valence electrons. The van der Waals surface area contributed by atoms with Crippen LogP contribution in [0.5, 0.6) is 17.2 Å². The second-order valence-electron chi connectivity index (χ2n) is 5.98. The molecule has 27 heavy (non-hydrogen) atoms. The van der Waals surface area contributed by atoms with E-state index in [4.69, 9.17) is 14.2 Å². The molecule has 1 aliphatic heterocycles. The Labute approximate surface area is 156 Å². The fourth-order valence-electron chi connectivity index (χ4n) is 2.72. The van der Waals surface area contributed by atoms with Crippen LogP contribution in [0.2, 0.25) is 0 Å². The molecule has 1 aliphatic rings. The van der Waals surface area contributed by atoms with Crippen molar-refractivity contribution in [3.05, 3.63) is 48.2 Å². The van der Waals surface area contributed by atoms with E-state index in [1.807, 2.05) is 43.3 Å². The fraction of sp³-hybridized carbons (Fsp3) is 0.211. The summed E-state index contributed by atoms with van der Waals surface area (Å²) < 4.78 is 16.5. The van der Waals surface area contributed by atoms with Crippen LogP contribution in [0.4, 0.5) is 23.1 Å². The zero-order valence-corrected chi connectivity index (χ0v) is 15.0. The highest BCUT2D eigenvalue weighted by Gasteiger charge is 2.12. The van der Waals surface area contributed by atoms with Crippen LogP contribution in [0.25, 0.3) is 0 Å². The molecule has 0 bridgehead atoms. The van der Waals surface area contributed by atoms with Gasteiger partial charge in [-0.3, -0.25) is 0 Å². The summed E-state index contributed by atoms with van der Waals surface area (Å²) >= 11 is 0. The van der Waals surface area contributed by atoms with Crippen molar-refractivity contribution in [2.75, 3.05) is 31.0 Å². The molecule has 8 nitrogen and oxygen atoms in total. The number of anilines is 4. The van der Waals surface area contributed by atoms with E-state index in [0.29, 0.717) is 30.7 Å². The van der Waals surface area contributed by atoms with E-state index in [1.165, 1.54) is 0 Å². The summed E-state index contributed by atoms with van der Waals surface area (Å²) in [6.07, 6.45) is 1.55. The van der Waals surface area contributed by atoms with Gasteiger partial charge < -0.3 is 24.8 Å². The lowest BCUT2D eigenvalue weighted by Crippen LogP contribution is -2.15. The minimum Gasteiger partial charge on any atom is -0.495 e. The summed E-state index contributed by atoms with van der Waals surface area (Å²) in [4.78, 5) is 4.46. The topological polar surface area (TPSA) is 90.4 Å². The zero-order valence-electron chi connectivity index (χ0n) is 15.0. The SMILES string of the molecule is COc1ccc(C)cc1Nc1cnnc(Nc2ccc3c(c2)OCCO3)n1. The molecule has 0 saturated carbocycles. The molecule has 8 heteroatoms. The maximum Gasteiger partial charge on any atom is 0.249 e. The van der Waals surface area contributed by atoms with Crippen molar-refractivity contribution in [3.63, 3.8) is 0 Å². The first-order valence-electron chi connectivity index (χ1n) is 8.49. The van der Waals surface area contributed by atoms with Gasteiger partial charge >= 0.3 is 0 Å². The first-order valence-corrected chi connectivity index (χ1v) is 8.49. The van der Waals surface area contributed by atoms with E-state index >= 15 is 0 Å². The Bertz CT molecular complexity index is 964. The van der Waals surface area contributed by atoms with Gasteiger partial charge in [0.15, 0.2) is 17.3 Å². The minimum atomic E-state index is 0.364. The molecule has 0 aliphatic carbocycles. The largest absolute Gasteiger partial charge is 0.495 e. The number of hydrogen-bond acceptors (Lipinski definition) is 8. The average Bonchev–Trinajstić information content (AvgIpc) is 2.68. The molecule has 0 saturated heterocycles. The van der Waals surface area contributed by atoms with Crippen LogP contribution < -0.4 is 24.8 Å². The highest BCUT2D eigenvalue weighted by Crippen LogP contribution is 2.33. The Hall–Kier alpha value is -3.55. The van der Waals surface area contributed by atoms with Crippen LogP contribution in [0.3, 0.4) is 0 Å². The number of aryl methyl sites for hydroxylation is 1. The minimum absolute atomic E-state index is 0.364. The van der Waals surface area contributed by atoms with Crippen LogP contribution in [0.1, 0.15) is 5.56 Å². The van der Waals surface area contributed by atoms with Gasteiger partial charge in [-0.25, -0.2) is 0 Å². The van der Waals surface area contributed by atoms with E-state index in [9.17, 15) is 0 Å². The molecule has 2 aromatic carbocycles. The molecule has 0 fully saturated rings. The molecule has 0 unspecified atom stereocenters. The lowest BCUT2D eigenvalue weighted by Gasteiger charge is -2.19. The summed E-state index contributed by atoms with van der Waals surface area (Å²) in [7, 11) is 1.63. The Morgan fingerprint density at radius 3 is 2.70 bits per heavy atom. The number of nitrogens with zero attached hydrogens (tertiary/aromatic N) is 3. The molecule has 2 heterocycles. The molecule has 0 atom stereocenters. The van der Waals surface area contributed by atoms with Crippen LogP contribution in [0.15, 0.2) is 42.6 Å². The second kappa shape index (κ2) is 7.36. The Kier molecular flexibility index (Phi) is 4.61. The normalized spacial score (nSPS) is 12.4. The smallest absolute Gasteiger partial charge is 0.249 e. The summed E-state index contributed by atoms with van der Waals surface area (Å²) in [5.41, 5.74) is 2.70. The van der Waals surface area contributed by atoms with Gasteiger partial charge in [0.2, 0.25) is 5.95 Å². The molecule has 2 N–H and O–H groups in total. The third-order valence-corrected chi connectivity index (χ3v) is 3.97. The first kappa shape index (κ1) is 16.9. The highest BCUT2D eigenvalue weighted by atomic mass is 16.6.